The molecule has 0 spiro atoms. The van der Waals surface area contributed by atoms with E-state index in [0.717, 1.165) is 19.3 Å². The normalized spacial score (nSPS) is 34.8. The van der Waals surface area contributed by atoms with Crippen LogP contribution in [0.4, 0.5) is 0 Å². The number of aliphatic carboxylic acids is 1. The summed E-state index contributed by atoms with van der Waals surface area (Å²) < 4.78 is 5.96. The summed E-state index contributed by atoms with van der Waals surface area (Å²) in [6.07, 6.45) is 5.28. The molecule has 3 aliphatic rings. The van der Waals surface area contributed by atoms with Gasteiger partial charge >= 0.3 is 5.97 Å². The molecule has 0 aliphatic heterocycles. The number of benzene rings is 1. The molecule has 0 bridgehead atoms. The number of carbonyl (C=O) groups is 1. The van der Waals surface area contributed by atoms with Gasteiger partial charge < -0.3 is 9.84 Å². The van der Waals surface area contributed by atoms with Crippen molar-refractivity contribution in [2.24, 2.45) is 5.92 Å². The van der Waals surface area contributed by atoms with E-state index < -0.39 is 11.6 Å². The Kier molecular flexibility index (Phi) is 3.86. The van der Waals surface area contributed by atoms with Crippen molar-refractivity contribution >= 4 is 5.97 Å². The molecule has 1 N–H and O–H groups in total. The molecule has 2 saturated carbocycles. The number of hydrogen-bond acceptors (Lipinski definition) is 2. The van der Waals surface area contributed by atoms with Crippen LogP contribution in [-0.2, 0) is 25.8 Å². The predicted octanol–water partition coefficient (Wildman–Crippen LogP) is 4.56. The maximum atomic E-state index is 11.1. The lowest BCUT2D eigenvalue weighted by Crippen LogP contribution is -2.42. The molecule has 3 aliphatic carbocycles. The summed E-state index contributed by atoms with van der Waals surface area (Å²) in [7, 11) is 1.68. The van der Waals surface area contributed by atoms with E-state index in [-0.39, 0.29) is 16.2 Å². The Morgan fingerprint density at radius 1 is 1.11 bits per heavy atom. The van der Waals surface area contributed by atoms with E-state index in [1.165, 1.54) is 29.5 Å². The van der Waals surface area contributed by atoms with Gasteiger partial charge in [-0.3, -0.25) is 0 Å². The molecular weight excluding hydrogens is 336 g/mol. The van der Waals surface area contributed by atoms with Crippen LogP contribution >= 0.6 is 0 Å². The Hall–Kier alpha value is -1.79. The summed E-state index contributed by atoms with van der Waals surface area (Å²) in [6.45, 7) is 9.36. The van der Waals surface area contributed by atoms with Gasteiger partial charge in [-0.05, 0) is 65.5 Å². The zero-order chi connectivity index (χ0) is 19.7. The molecule has 3 atom stereocenters. The van der Waals surface area contributed by atoms with Crippen LogP contribution in [0.15, 0.2) is 18.2 Å². The lowest BCUT2D eigenvalue weighted by atomic mass is 9.62. The van der Waals surface area contributed by atoms with Gasteiger partial charge in [0.1, 0.15) is 5.60 Å². The van der Waals surface area contributed by atoms with Crippen molar-refractivity contribution in [3.63, 3.8) is 0 Å². The molecular formula is C24H30O3. The van der Waals surface area contributed by atoms with Gasteiger partial charge in [0, 0.05) is 18.4 Å². The van der Waals surface area contributed by atoms with Gasteiger partial charge in [-0.25, -0.2) is 4.79 Å². The van der Waals surface area contributed by atoms with Gasteiger partial charge in [0.05, 0.1) is 0 Å². The smallest absolute Gasteiger partial charge is 0.382 e. The van der Waals surface area contributed by atoms with Gasteiger partial charge in [0.15, 0.2) is 0 Å². The molecule has 0 radical (unpaired) electrons. The van der Waals surface area contributed by atoms with Crippen molar-refractivity contribution in [2.45, 2.75) is 81.6 Å². The first-order valence-corrected chi connectivity index (χ1v) is 10.0. The monoisotopic (exact) mass is 366 g/mol. The van der Waals surface area contributed by atoms with E-state index >= 15 is 0 Å². The zero-order valence-corrected chi connectivity index (χ0v) is 17.1. The highest BCUT2D eigenvalue weighted by molar-refractivity contribution is 5.87. The maximum absolute atomic E-state index is 11.1. The van der Waals surface area contributed by atoms with Gasteiger partial charge in [-0.1, -0.05) is 51.8 Å². The summed E-state index contributed by atoms with van der Waals surface area (Å²) in [4.78, 5) is 11.1. The van der Waals surface area contributed by atoms with Crippen LogP contribution in [0.5, 0.6) is 0 Å². The maximum Gasteiger partial charge on any atom is 0.382 e. The molecule has 0 amide bonds. The molecule has 3 nitrogen and oxygen atoms in total. The molecule has 0 saturated heterocycles. The second-order valence-corrected chi connectivity index (χ2v) is 10.0. The van der Waals surface area contributed by atoms with Crippen molar-refractivity contribution in [1.29, 1.82) is 0 Å². The minimum atomic E-state index is -1.08. The molecule has 4 rings (SSSR count). The first-order chi connectivity index (χ1) is 12.6. The first kappa shape index (κ1) is 18.6. The quantitative estimate of drug-likeness (QED) is 0.781. The molecule has 1 aromatic rings. The predicted molar refractivity (Wildman–Crippen MR) is 106 cm³/mol. The fourth-order valence-corrected chi connectivity index (χ4v) is 5.89. The van der Waals surface area contributed by atoms with Crippen LogP contribution < -0.4 is 0 Å². The fourth-order valence-electron chi connectivity index (χ4n) is 5.89. The number of carboxylic acid groups (broad SMARTS) is 1. The molecule has 3 heteroatoms. The molecule has 27 heavy (non-hydrogen) atoms. The summed E-state index contributed by atoms with van der Waals surface area (Å²) in [6, 6.07) is 6.99. The average molecular weight is 367 g/mol. The summed E-state index contributed by atoms with van der Waals surface area (Å²) >= 11 is 0. The summed E-state index contributed by atoms with van der Waals surface area (Å²) in [5.74, 6) is 4.84. The van der Waals surface area contributed by atoms with Crippen molar-refractivity contribution in [3.05, 3.63) is 34.9 Å². The molecule has 0 heterocycles. The highest BCUT2D eigenvalue weighted by atomic mass is 16.5. The largest absolute Gasteiger partial charge is 0.472 e. The Morgan fingerprint density at radius 3 is 2.37 bits per heavy atom. The van der Waals surface area contributed by atoms with E-state index in [4.69, 9.17) is 9.84 Å². The second kappa shape index (κ2) is 5.61. The number of ether oxygens (including phenoxy) is 1. The van der Waals surface area contributed by atoms with Crippen LogP contribution in [0.1, 0.15) is 76.5 Å². The summed E-state index contributed by atoms with van der Waals surface area (Å²) in [5.41, 5.74) is 3.70. The van der Waals surface area contributed by atoms with Crippen LogP contribution in [0.2, 0.25) is 0 Å². The highest BCUT2D eigenvalue weighted by Gasteiger charge is 2.71. The van der Waals surface area contributed by atoms with E-state index in [1.54, 1.807) is 7.11 Å². The number of hydrogen-bond donors (Lipinski definition) is 1. The highest BCUT2D eigenvalue weighted by Crippen LogP contribution is 2.70. The van der Waals surface area contributed by atoms with Crippen molar-refractivity contribution < 1.29 is 14.6 Å². The first-order valence-electron chi connectivity index (χ1n) is 10.0. The number of carboxylic acids is 1. The Labute approximate surface area is 162 Å². The zero-order valence-electron chi connectivity index (χ0n) is 17.1. The Balaban J connectivity index is 1.85. The SMILES string of the molecule is COC1(C#CC(=O)O)CCC2CC21c1ccc2c(c1)C(C)(C)CCC2(C)C. The average Bonchev–Trinajstić information content (AvgIpc) is 3.28. The summed E-state index contributed by atoms with van der Waals surface area (Å²) in [5, 5.41) is 9.09. The Bertz CT molecular complexity index is 869. The molecule has 3 unspecified atom stereocenters. The van der Waals surface area contributed by atoms with Crippen LogP contribution in [-0.4, -0.2) is 23.8 Å². The van der Waals surface area contributed by atoms with Gasteiger partial charge in [0.25, 0.3) is 0 Å². The van der Waals surface area contributed by atoms with Gasteiger partial charge in [-0.15, -0.1) is 0 Å². The molecule has 144 valence electrons. The number of fused-ring (bicyclic) bond motifs is 2. The standard InChI is InChI=1S/C24H30O3/c1-21(2)12-13-22(3,4)19-14-16(6-7-18(19)21)24-15-17(24)8-10-23(24,27-5)11-9-20(25)26/h6-7,14,17H,8,10,12-13,15H2,1-5H3,(H,25,26). The van der Waals surface area contributed by atoms with Gasteiger partial charge in [0.2, 0.25) is 0 Å². The molecule has 0 aromatic heterocycles. The van der Waals surface area contributed by atoms with E-state index in [0.29, 0.717) is 5.92 Å². The minimum absolute atomic E-state index is 0.156. The molecule has 2 fully saturated rings. The number of rotatable bonds is 2. The lowest BCUT2D eigenvalue weighted by Gasteiger charge is -2.43. The second-order valence-electron chi connectivity index (χ2n) is 10.0. The van der Waals surface area contributed by atoms with Crippen molar-refractivity contribution in [3.8, 4) is 11.8 Å². The van der Waals surface area contributed by atoms with Crippen LogP contribution in [0.25, 0.3) is 0 Å². The van der Waals surface area contributed by atoms with E-state index in [9.17, 15) is 4.79 Å². The van der Waals surface area contributed by atoms with Crippen LogP contribution in [0.3, 0.4) is 0 Å². The van der Waals surface area contributed by atoms with Crippen molar-refractivity contribution in [1.82, 2.24) is 0 Å². The lowest BCUT2D eigenvalue weighted by molar-refractivity contribution is -0.130. The van der Waals surface area contributed by atoms with Gasteiger partial charge in [-0.2, -0.15) is 0 Å². The minimum Gasteiger partial charge on any atom is -0.472 e. The van der Waals surface area contributed by atoms with E-state index in [2.05, 4.69) is 57.7 Å². The van der Waals surface area contributed by atoms with Crippen molar-refractivity contribution in [2.75, 3.05) is 7.11 Å². The third-order valence-corrected chi connectivity index (χ3v) is 7.76. The third-order valence-electron chi connectivity index (χ3n) is 7.76. The Morgan fingerprint density at radius 2 is 1.78 bits per heavy atom. The third kappa shape index (κ3) is 2.49. The molecule has 1 aromatic carbocycles. The fraction of sp³-hybridized carbons (Fsp3) is 0.625. The van der Waals surface area contributed by atoms with Crippen LogP contribution in [0, 0.1) is 17.8 Å². The topological polar surface area (TPSA) is 46.5 Å². The van der Waals surface area contributed by atoms with E-state index in [1.807, 2.05) is 0 Å². The number of methoxy groups -OCH3 is 1.